The molecule has 5 rings (SSSR count). The van der Waals surface area contributed by atoms with Gasteiger partial charge in [0.2, 0.25) is 0 Å². The molecule has 6 nitrogen and oxygen atoms in total. The predicted molar refractivity (Wildman–Crippen MR) is 134 cm³/mol. The highest BCUT2D eigenvalue weighted by molar-refractivity contribution is 6.06. The molecule has 4 aromatic rings. The van der Waals surface area contributed by atoms with Crippen molar-refractivity contribution in [3.63, 3.8) is 0 Å². The zero-order valence-electron chi connectivity index (χ0n) is 19.2. The Morgan fingerprint density at radius 2 is 1.47 bits per heavy atom. The molecule has 0 saturated carbocycles. The molecule has 0 unspecified atom stereocenters. The molecule has 34 heavy (non-hydrogen) atoms. The van der Waals surface area contributed by atoms with Crippen molar-refractivity contribution in [1.82, 2.24) is 14.4 Å². The summed E-state index contributed by atoms with van der Waals surface area (Å²) in [5.74, 6) is 0.667. The average Bonchev–Trinajstić information content (AvgIpc) is 2.90. The second-order valence-electron chi connectivity index (χ2n) is 8.52. The molecule has 1 saturated heterocycles. The molecule has 1 fully saturated rings. The minimum absolute atomic E-state index is 0.0437. The second kappa shape index (κ2) is 9.53. The Kier molecular flexibility index (Phi) is 6.14. The number of rotatable bonds is 5. The van der Waals surface area contributed by atoms with Crippen molar-refractivity contribution >= 4 is 16.7 Å². The minimum Gasteiger partial charge on any atom is -0.497 e. The molecule has 1 aliphatic rings. The number of hydrogen-bond donors (Lipinski definition) is 0. The van der Waals surface area contributed by atoms with Gasteiger partial charge in [-0.2, -0.15) is 0 Å². The zero-order chi connectivity index (χ0) is 23.5. The van der Waals surface area contributed by atoms with Crippen molar-refractivity contribution in [1.29, 1.82) is 0 Å². The van der Waals surface area contributed by atoms with Crippen molar-refractivity contribution in [3.8, 4) is 11.4 Å². The monoisotopic (exact) mass is 453 g/mol. The predicted octanol–water partition coefficient (Wildman–Crippen LogP) is 3.96. The summed E-state index contributed by atoms with van der Waals surface area (Å²) in [5.41, 5.74) is 2.37. The highest BCUT2D eigenvalue weighted by Crippen LogP contribution is 2.21. The summed E-state index contributed by atoms with van der Waals surface area (Å²) in [5, 5.41) is 1.22. The lowest BCUT2D eigenvalue weighted by atomic mass is 10.1. The topological polar surface area (TPSA) is 54.8 Å². The van der Waals surface area contributed by atoms with E-state index in [1.54, 1.807) is 23.9 Å². The van der Waals surface area contributed by atoms with Crippen LogP contribution in [-0.2, 0) is 6.54 Å². The first kappa shape index (κ1) is 21.9. The first-order chi connectivity index (χ1) is 16.6. The number of carbonyl (C=O) groups excluding carboxylic acids is 1. The minimum atomic E-state index is -0.148. The molecule has 0 aliphatic carbocycles. The number of benzene rings is 3. The molecule has 1 aliphatic heterocycles. The fraction of sp³-hybridized carbons (Fsp3) is 0.214. The molecular formula is C28H27N3O3. The van der Waals surface area contributed by atoms with Crippen LogP contribution in [0.25, 0.3) is 16.5 Å². The number of fused-ring (bicyclic) bond motifs is 1. The van der Waals surface area contributed by atoms with Crippen LogP contribution >= 0.6 is 0 Å². The lowest BCUT2D eigenvalue weighted by Gasteiger charge is -2.35. The van der Waals surface area contributed by atoms with Crippen LogP contribution in [-0.4, -0.2) is 53.6 Å². The highest BCUT2D eigenvalue weighted by atomic mass is 16.5. The van der Waals surface area contributed by atoms with E-state index in [2.05, 4.69) is 29.2 Å². The van der Waals surface area contributed by atoms with Gasteiger partial charge in [0.05, 0.1) is 12.7 Å². The molecule has 0 spiro atoms. The molecule has 1 aromatic heterocycles. The van der Waals surface area contributed by atoms with Gasteiger partial charge >= 0.3 is 0 Å². The highest BCUT2D eigenvalue weighted by Gasteiger charge is 2.25. The SMILES string of the molecule is COc1ccc(-n2cc(C(=O)N3CCN(Cc4ccccc4)CC3)c3ccccc3c2=O)cc1. The summed E-state index contributed by atoms with van der Waals surface area (Å²) >= 11 is 0. The van der Waals surface area contributed by atoms with Gasteiger partial charge in [-0.25, -0.2) is 0 Å². The third-order valence-corrected chi connectivity index (χ3v) is 6.41. The summed E-state index contributed by atoms with van der Waals surface area (Å²) in [4.78, 5) is 31.2. The van der Waals surface area contributed by atoms with Crippen LogP contribution in [0.4, 0.5) is 0 Å². The maximum atomic E-state index is 13.6. The second-order valence-corrected chi connectivity index (χ2v) is 8.52. The van der Waals surface area contributed by atoms with Crippen molar-refractivity contribution in [2.75, 3.05) is 33.3 Å². The third-order valence-electron chi connectivity index (χ3n) is 6.41. The molecule has 2 heterocycles. The van der Waals surface area contributed by atoms with E-state index >= 15 is 0 Å². The number of piperazine rings is 1. The van der Waals surface area contributed by atoms with E-state index in [0.717, 1.165) is 19.6 Å². The summed E-state index contributed by atoms with van der Waals surface area (Å²) in [6.07, 6.45) is 1.69. The van der Waals surface area contributed by atoms with Crippen molar-refractivity contribution in [3.05, 3.63) is 107 Å². The van der Waals surface area contributed by atoms with E-state index in [1.807, 2.05) is 53.4 Å². The van der Waals surface area contributed by atoms with Crippen molar-refractivity contribution in [2.24, 2.45) is 0 Å². The Hall–Kier alpha value is -3.90. The molecule has 3 aromatic carbocycles. The van der Waals surface area contributed by atoms with Crippen molar-refractivity contribution < 1.29 is 9.53 Å². The van der Waals surface area contributed by atoms with E-state index in [9.17, 15) is 9.59 Å². The number of amides is 1. The first-order valence-corrected chi connectivity index (χ1v) is 11.5. The third kappa shape index (κ3) is 4.32. The number of carbonyl (C=O) groups is 1. The molecule has 0 N–H and O–H groups in total. The number of nitrogens with zero attached hydrogens (tertiary/aromatic N) is 3. The number of aromatic nitrogens is 1. The lowest BCUT2D eigenvalue weighted by molar-refractivity contribution is 0.0630. The number of pyridine rings is 1. The normalized spacial score (nSPS) is 14.3. The van der Waals surface area contributed by atoms with Crippen LogP contribution < -0.4 is 10.3 Å². The van der Waals surface area contributed by atoms with Gasteiger partial charge in [-0.1, -0.05) is 48.5 Å². The van der Waals surface area contributed by atoms with E-state index in [0.29, 0.717) is 40.9 Å². The van der Waals surface area contributed by atoms with E-state index in [1.165, 1.54) is 5.56 Å². The zero-order valence-corrected chi connectivity index (χ0v) is 19.2. The largest absolute Gasteiger partial charge is 0.497 e. The van der Waals surface area contributed by atoms with E-state index in [-0.39, 0.29) is 11.5 Å². The Balaban J connectivity index is 1.43. The van der Waals surface area contributed by atoms with Crippen LogP contribution in [0.5, 0.6) is 5.75 Å². The molecule has 0 bridgehead atoms. The maximum absolute atomic E-state index is 13.6. The van der Waals surface area contributed by atoms with Gasteiger partial charge in [0, 0.05) is 55.4 Å². The van der Waals surface area contributed by atoms with Crippen LogP contribution in [0.2, 0.25) is 0 Å². The molecule has 6 heteroatoms. The van der Waals surface area contributed by atoms with Gasteiger partial charge in [0.1, 0.15) is 5.75 Å². The van der Waals surface area contributed by atoms with E-state index < -0.39 is 0 Å². The van der Waals surface area contributed by atoms with Crippen LogP contribution in [0, 0.1) is 0 Å². The fourth-order valence-electron chi connectivity index (χ4n) is 4.52. The van der Waals surface area contributed by atoms with Crippen LogP contribution in [0.3, 0.4) is 0 Å². The average molecular weight is 454 g/mol. The standard InChI is InChI=1S/C28H27N3O3/c1-34-23-13-11-22(12-14-23)31-20-26(24-9-5-6-10-25(24)28(31)33)27(32)30-17-15-29(16-18-30)19-21-7-3-2-4-8-21/h2-14,20H,15-19H2,1H3. The quantitative estimate of drug-likeness (QED) is 0.459. The van der Waals surface area contributed by atoms with Crippen molar-refractivity contribution in [2.45, 2.75) is 6.54 Å². The maximum Gasteiger partial charge on any atom is 0.262 e. The Morgan fingerprint density at radius 1 is 0.824 bits per heavy atom. The Morgan fingerprint density at radius 3 is 2.15 bits per heavy atom. The van der Waals surface area contributed by atoms with Gasteiger partial charge in [-0.15, -0.1) is 0 Å². The summed E-state index contributed by atoms with van der Waals surface area (Å²) < 4.78 is 6.80. The van der Waals surface area contributed by atoms with Gasteiger partial charge in [-0.05, 0) is 35.9 Å². The van der Waals surface area contributed by atoms with Gasteiger partial charge in [0.15, 0.2) is 0 Å². The summed E-state index contributed by atoms with van der Waals surface area (Å²) in [6, 6.07) is 25.0. The summed E-state index contributed by atoms with van der Waals surface area (Å²) in [7, 11) is 1.60. The van der Waals surface area contributed by atoms with Crippen LogP contribution in [0.15, 0.2) is 89.9 Å². The van der Waals surface area contributed by atoms with Gasteiger partial charge < -0.3 is 9.64 Å². The Labute approximate surface area is 198 Å². The first-order valence-electron chi connectivity index (χ1n) is 11.5. The van der Waals surface area contributed by atoms with E-state index in [4.69, 9.17) is 4.74 Å². The number of ether oxygens (including phenoxy) is 1. The Bertz CT molecular complexity index is 1360. The fourth-order valence-corrected chi connectivity index (χ4v) is 4.52. The molecule has 1 amide bonds. The summed E-state index contributed by atoms with van der Waals surface area (Å²) in [6.45, 7) is 3.82. The molecule has 0 atom stereocenters. The van der Waals surface area contributed by atoms with Crippen LogP contribution in [0.1, 0.15) is 15.9 Å². The lowest BCUT2D eigenvalue weighted by Crippen LogP contribution is -2.48. The van der Waals surface area contributed by atoms with Gasteiger partial charge in [-0.3, -0.25) is 19.1 Å². The molecular weight excluding hydrogens is 426 g/mol. The number of hydrogen-bond acceptors (Lipinski definition) is 4. The molecule has 172 valence electrons. The van der Waals surface area contributed by atoms with Gasteiger partial charge in [0.25, 0.3) is 11.5 Å². The smallest absolute Gasteiger partial charge is 0.262 e. The number of methoxy groups -OCH3 is 1. The molecule has 0 radical (unpaired) electrons.